The fourth-order valence-corrected chi connectivity index (χ4v) is 1.80. The van der Waals surface area contributed by atoms with Gasteiger partial charge < -0.3 is 20.1 Å². The predicted octanol–water partition coefficient (Wildman–Crippen LogP) is 2.49. The van der Waals surface area contributed by atoms with Gasteiger partial charge in [0.2, 0.25) is 5.91 Å². The largest absolute Gasteiger partial charge is 0.493 e. The van der Waals surface area contributed by atoms with Gasteiger partial charge in [-0.3, -0.25) is 9.59 Å². The van der Waals surface area contributed by atoms with Crippen LogP contribution in [-0.2, 0) is 14.3 Å². The van der Waals surface area contributed by atoms with Gasteiger partial charge in [0.05, 0.1) is 20.1 Å². The lowest BCUT2D eigenvalue weighted by atomic mass is 10.2. The third kappa shape index (κ3) is 8.15. The van der Waals surface area contributed by atoms with E-state index in [2.05, 4.69) is 29.2 Å². The second-order valence-electron chi connectivity index (χ2n) is 5.31. The molecule has 0 heterocycles. The molecule has 0 aliphatic heterocycles. The molecule has 6 nitrogen and oxygen atoms in total. The molecule has 0 aromatic heterocycles. The zero-order chi connectivity index (χ0) is 17.2. The number of anilines is 1. The SMILES string of the molecule is COC(=O)CCC(=O)NC(=S)Nc1ccc(OCC(C)C)cc1. The number of nitrogens with one attached hydrogen (secondary N) is 2. The standard InChI is InChI=1S/C16H22N2O4S/c1-11(2)10-22-13-6-4-12(5-7-13)17-16(23)18-14(19)8-9-15(20)21-3/h4-7,11H,8-10H2,1-3H3,(H2,17,18,19,23). The zero-order valence-corrected chi connectivity index (χ0v) is 14.4. The topological polar surface area (TPSA) is 76.7 Å². The van der Waals surface area contributed by atoms with E-state index in [1.54, 1.807) is 0 Å². The van der Waals surface area contributed by atoms with Gasteiger partial charge in [0.25, 0.3) is 0 Å². The van der Waals surface area contributed by atoms with E-state index in [1.807, 2.05) is 24.3 Å². The minimum absolute atomic E-state index is 0.0207. The van der Waals surface area contributed by atoms with Crippen LogP contribution in [0.25, 0.3) is 0 Å². The number of amides is 1. The van der Waals surface area contributed by atoms with E-state index in [-0.39, 0.29) is 23.9 Å². The number of hydrogen-bond acceptors (Lipinski definition) is 5. The number of esters is 1. The molecular formula is C16H22N2O4S. The summed E-state index contributed by atoms with van der Waals surface area (Å²) in [6, 6.07) is 7.27. The summed E-state index contributed by atoms with van der Waals surface area (Å²) in [7, 11) is 1.28. The molecule has 0 spiro atoms. The smallest absolute Gasteiger partial charge is 0.306 e. The maximum atomic E-state index is 11.6. The van der Waals surface area contributed by atoms with Crippen molar-refractivity contribution in [1.82, 2.24) is 5.32 Å². The number of rotatable bonds is 7. The molecule has 23 heavy (non-hydrogen) atoms. The van der Waals surface area contributed by atoms with Crippen LogP contribution < -0.4 is 15.4 Å². The molecule has 126 valence electrons. The third-order valence-corrected chi connectivity index (χ3v) is 2.94. The van der Waals surface area contributed by atoms with Gasteiger partial charge in [-0.15, -0.1) is 0 Å². The Kier molecular flexibility index (Phi) is 8.04. The number of thiocarbonyl (C=S) groups is 1. The van der Waals surface area contributed by atoms with E-state index in [0.717, 1.165) is 11.4 Å². The van der Waals surface area contributed by atoms with Gasteiger partial charge in [-0.05, 0) is 42.4 Å². The van der Waals surface area contributed by atoms with Crippen molar-refractivity contribution in [2.75, 3.05) is 19.0 Å². The number of ether oxygens (including phenoxy) is 2. The molecule has 0 unspecified atom stereocenters. The molecule has 0 radical (unpaired) electrons. The molecule has 1 aromatic rings. The van der Waals surface area contributed by atoms with Crippen LogP contribution in [0.3, 0.4) is 0 Å². The summed E-state index contributed by atoms with van der Waals surface area (Å²) >= 11 is 5.05. The van der Waals surface area contributed by atoms with E-state index in [9.17, 15) is 9.59 Å². The molecule has 1 aromatic carbocycles. The Morgan fingerprint density at radius 1 is 1.17 bits per heavy atom. The molecule has 0 fully saturated rings. The van der Waals surface area contributed by atoms with Crippen molar-refractivity contribution in [3.63, 3.8) is 0 Å². The fourth-order valence-electron chi connectivity index (χ4n) is 1.57. The molecule has 0 saturated carbocycles. The fraction of sp³-hybridized carbons (Fsp3) is 0.438. The van der Waals surface area contributed by atoms with Crippen LogP contribution in [0.2, 0.25) is 0 Å². The van der Waals surface area contributed by atoms with Crippen molar-refractivity contribution >= 4 is 34.9 Å². The molecule has 0 atom stereocenters. The summed E-state index contributed by atoms with van der Waals surface area (Å²) in [5.74, 6) is 0.457. The lowest BCUT2D eigenvalue weighted by Crippen LogP contribution is -2.34. The van der Waals surface area contributed by atoms with Gasteiger partial charge >= 0.3 is 5.97 Å². The van der Waals surface area contributed by atoms with Crippen LogP contribution in [0.15, 0.2) is 24.3 Å². The second kappa shape index (κ2) is 9.78. The maximum Gasteiger partial charge on any atom is 0.306 e. The lowest BCUT2D eigenvalue weighted by Gasteiger charge is -2.11. The van der Waals surface area contributed by atoms with Crippen LogP contribution in [0.5, 0.6) is 5.75 Å². The van der Waals surface area contributed by atoms with Gasteiger partial charge in [0.1, 0.15) is 5.75 Å². The molecule has 0 aliphatic carbocycles. The van der Waals surface area contributed by atoms with E-state index in [0.29, 0.717) is 12.5 Å². The average Bonchev–Trinajstić information content (AvgIpc) is 2.51. The zero-order valence-electron chi connectivity index (χ0n) is 13.5. The summed E-state index contributed by atoms with van der Waals surface area (Å²) < 4.78 is 10.1. The predicted molar refractivity (Wildman–Crippen MR) is 92.4 cm³/mol. The Labute approximate surface area is 141 Å². The summed E-state index contributed by atoms with van der Waals surface area (Å²) in [6.45, 7) is 4.82. The van der Waals surface area contributed by atoms with Crippen LogP contribution in [0.1, 0.15) is 26.7 Å². The lowest BCUT2D eigenvalue weighted by molar-refractivity contribution is -0.142. The molecule has 2 N–H and O–H groups in total. The van der Waals surface area contributed by atoms with Gasteiger partial charge in [0, 0.05) is 12.1 Å². The van der Waals surface area contributed by atoms with Crippen LogP contribution in [0, 0.1) is 5.92 Å². The first-order valence-electron chi connectivity index (χ1n) is 7.31. The highest BCUT2D eigenvalue weighted by Crippen LogP contribution is 2.16. The maximum absolute atomic E-state index is 11.6. The Balaban J connectivity index is 2.39. The summed E-state index contributed by atoms with van der Waals surface area (Å²) in [5.41, 5.74) is 0.736. The highest BCUT2D eigenvalue weighted by atomic mass is 32.1. The number of carbonyl (C=O) groups excluding carboxylic acids is 2. The Hall–Kier alpha value is -2.15. The Morgan fingerprint density at radius 2 is 1.83 bits per heavy atom. The first-order chi connectivity index (χ1) is 10.9. The minimum Gasteiger partial charge on any atom is -0.493 e. The van der Waals surface area contributed by atoms with E-state index in [1.165, 1.54) is 7.11 Å². The normalized spacial score (nSPS) is 10.1. The Morgan fingerprint density at radius 3 is 2.39 bits per heavy atom. The first-order valence-corrected chi connectivity index (χ1v) is 7.72. The molecule has 0 aliphatic rings. The second-order valence-corrected chi connectivity index (χ2v) is 5.72. The van der Waals surface area contributed by atoms with Gasteiger partial charge in [0.15, 0.2) is 5.11 Å². The van der Waals surface area contributed by atoms with Crippen molar-refractivity contribution in [3.05, 3.63) is 24.3 Å². The van der Waals surface area contributed by atoms with Crippen molar-refractivity contribution in [1.29, 1.82) is 0 Å². The van der Waals surface area contributed by atoms with Crippen molar-refractivity contribution < 1.29 is 19.1 Å². The van der Waals surface area contributed by atoms with Crippen molar-refractivity contribution in [2.24, 2.45) is 5.92 Å². The molecular weight excluding hydrogens is 316 g/mol. The molecule has 7 heteroatoms. The first kappa shape index (κ1) is 18.9. The van der Waals surface area contributed by atoms with Crippen molar-refractivity contribution in [2.45, 2.75) is 26.7 Å². The Bertz CT molecular complexity index is 544. The number of methoxy groups -OCH3 is 1. The van der Waals surface area contributed by atoms with Crippen LogP contribution in [0.4, 0.5) is 5.69 Å². The van der Waals surface area contributed by atoms with Crippen molar-refractivity contribution in [3.8, 4) is 5.75 Å². The molecule has 0 saturated heterocycles. The van der Waals surface area contributed by atoms with E-state index in [4.69, 9.17) is 17.0 Å². The number of hydrogen-bond donors (Lipinski definition) is 2. The minimum atomic E-state index is -0.434. The van der Waals surface area contributed by atoms with Gasteiger partial charge in [-0.1, -0.05) is 13.8 Å². The summed E-state index contributed by atoms with van der Waals surface area (Å²) in [5, 5.41) is 5.58. The number of carbonyl (C=O) groups is 2. The number of benzene rings is 1. The summed E-state index contributed by atoms with van der Waals surface area (Å²) in [6.07, 6.45) is 0.0449. The highest BCUT2D eigenvalue weighted by Gasteiger charge is 2.08. The van der Waals surface area contributed by atoms with Crippen LogP contribution >= 0.6 is 12.2 Å². The van der Waals surface area contributed by atoms with Gasteiger partial charge in [-0.2, -0.15) is 0 Å². The summed E-state index contributed by atoms with van der Waals surface area (Å²) in [4.78, 5) is 22.6. The van der Waals surface area contributed by atoms with E-state index < -0.39 is 5.97 Å². The highest BCUT2D eigenvalue weighted by molar-refractivity contribution is 7.80. The van der Waals surface area contributed by atoms with E-state index >= 15 is 0 Å². The molecule has 1 amide bonds. The monoisotopic (exact) mass is 338 g/mol. The average molecular weight is 338 g/mol. The third-order valence-electron chi connectivity index (χ3n) is 2.73. The molecule has 0 bridgehead atoms. The van der Waals surface area contributed by atoms with Gasteiger partial charge in [-0.25, -0.2) is 0 Å². The quantitative estimate of drug-likeness (QED) is 0.587. The molecule has 1 rings (SSSR count). The van der Waals surface area contributed by atoms with Crippen LogP contribution in [-0.4, -0.2) is 30.7 Å².